The lowest BCUT2D eigenvalue weighted by atomic mass is 10.3. The van der Waals surface area contributed by atoms with E-state index in [1.54, 1.807) is 6.07 Å². The van der Waals surface area contributed by atoms with E-state index < -0.39 is 4.92 Å². The van der Waals surface area contributed by atoms with E-state index in [-0.39, 0.29) is 13.1 Å². The van der Waals surface area contributed by atoms with Gasteiger partial charge in [-0.1, -0.05) is 7.43 Å². The molecule has 174 valence electrons. The topological polar surface area (TPSA) is 94.1 Å². The van der Waals surface area contributed by atoms with Crippen LogP contribution >= 0.6 is 31.9 Å². The highest BCUT2D eigenvalue weighted by atomic mass is 79.9. The maximum absolute atomic E-state index is 10.6. The minimum atomic E-state index is -0.439. The number of nitrogens with zero attached hydrogens (tertiary/aromatic N) is 3. The Morgan fingerprint density at radius 2 is 1.35 bits per heavy atom. The molecule has 0 heterocycles. The molecule has 0 fully saturated rings. The zero-order chi connectivity index (χ0) is 22.7. The monoisotopic (exact) mass is 562 g/mol. The molecular weight excluding hydrogens is 532 g/mol. The van der Waals surface area contributed by atoms with Crippen LogP contribution in [0.15, 0.2) is 45.3 Å². The van der Waals surface area contributed by atoms with Crippen molar-refractivity contribution in [2.75, 3.05) is 60.2 Å². The first-order chi connectivity index (χ1) is 14.1. The van der Waals surface area contributed by atoms with Gasteiger partial charge < -0.3 is 25.0 Å². The van der Waals surface area contributed by atoms with Gasteiger partial charge in [-0.15, -0.1) is 0 Å². The van der Waals surface area contributed by atoms with E-state index in [1.807, 2.05) is 51.3 Å². The van der Waals surface area contributed by atoms with Crippen molar-refractivity contribution in [3.05, 3.63) is 55.5 Å². The second-order valence-corrected chi connectivity index (χ2v) is 8.57. The van der Waals surface area contributed by atoms with Crippen molar-refractivity contribution in [3.63, 3.8) is 0 Å². The zero-order valence-electron chi connectivity index (χ0n) is 17.6. The Bertz CT molecular complexity index is 820. The van der Waals surface area contributed by atoms with E-state index in [0.717, 1.165) is 27.8 Å². The summed E-state index contributed by atoms with van der Waals surface area (Å²) in [4.78, 5) is 14.2. The van der Waals surface area contributed by atoms with Crippen LogP contribution in [0.2, 0.25) is 0 Å². The van der Waals surface area contributed by atoms with Crippen LogP contribution < -0.4 is 15.2 Å². The highest BCUT2D eigenvalue weighted by molar-refractivity contribution is 9.10. The summed E-state index contributed by atoms with van der Waals surface area (Å²) in [6, 6.07) is 10.0. The molecule has 2 aromatic rings. The van der Waals surface area contributed by atoms with Crippen LogP contribution in [-0.4, -0.2) is 69.2 Å². The molecule has 2 rings (SSSR count). The van der Waals surface area contributed by atoms with Crippen LogP contribution in [0.3, 0.4) is 0 Å². The summed E-state index contributed by atoms with van der Waals surface area (Å²) in [5.74, 6) is 1.29. The molecule has 10 heteroatoms. The molecule has 2 aromatic carbocycles. The van der Waals surface area contributed by atoms with Crippen molar-refractivity contribution in [3.8, 4) is 11.5 Å². The summed E-state index contributed by atoms with van der Waals surface area (Å²) >= 11 is 6.69. The fraction of sp³-hybridized carbons (Fsp3) is 0.429. The van der Waals surface area contributed by atoms with E-state index in [1.165, 1.54) is 12.1 Å². The van der Waals surface area contributed by atoms with Crippen molar-refractivity contribution in [1.29, 1.82) is 0 Å². The number of likely N-dealkylation sites (N-methyl/N-ethyl adjacent to an activating group) is 2. The predicted octanol–water partition coefficient (Wildman–Crippen LogP) is 4.91. The largest absolute Gasteiger partial charge is 0.491 e. The van der Waals surface area contributed by atoms with Crippen molar-refractivity contribution in [2.45, 2.75) is 7.43 Å². The van der Waals surface area contributed by atoms with Crippen LogP contribution in [0.25, 0.3) is 0 Å². The number of nitrogens with two attached hydrogens (primary N) is 1. The molecule has 8 nitrogen and oxygen atoms in total. The summed E-state index contributed by atoms with van der Waals surface area (Å²) in [6.07, 6.45) is 0. The van der Waals surface area contributed by atoms with Gasteiger partial charge in [0.2, 0.25) is 0 Å². The summed E-state index contributed by atoms with van der Waals surface area (Å²) in [5.41, 5.74) is 6.39. The van der Waals surface area contributed by atoms with E-state index >= 15 is 0 Å². The Balaban J connectivity index is 0.000000567. The third-order valence-electron chi connectivity index (χ3n) is 3.67. The summed E-state index contributed by atoms with van der Waals surface area (Å²) in [5, 5.41) is 10.6. The van der Waals surface area contributed by atoms with Crippen LogP contribution in [0.1, 0.15) is 7.43 Å². The first-order valence-electron chi connectivity index (χ1n) is 9.14. The van der Waals surface area contributed by atoms with E-state index in [4.69, 9.17) is 15.2 Å². The average molecular weight is 564 g/mol. The van der Waals surface area contributed by atoms with Crippen molar-refractivity contribution < 1.29 is 14.4 Å². The molecule has 0 saturated carbocycles. The van der Waals surface area contributed by atoms with Gasteiger partial charge in [0, 0.05) is 30.9 Å². The number of nitrogen functional groups attached to an aromatic ring is 1. The lowest BCUT2D eigenvalue weighted by Crippen LogP contribution is -2.19. The number of ether oxygens (including phenoxy) is 2. The summed E-state index contributed by atoms with van der Waals surface area (Å²) in [7, 11) is 7.90. The van der Waals surface area contributed by atoms with Crippen LogP contribution in [0, 0.1) is 10.1 Å². The summed E-state index contributed by atoms with van der Waals surface area (Å²) < 4.78 is 12.7. The highest BCUT2D eigenvalue weighted by Crippen LogP contribution is 2.29. The predicted molar refractivity (Wildman–Crippen MR) is 134 cm³/mol. The Morgan fingerprint density at radius 3 is 1.81 bits per heavy atom. The molecular formula is C21H32Br2N4O4. The number of hydrogen-bond acceptors (Lipinski definition) is 7. The molecule has 0 spiro atoms. The fourth-order valence-electron chi connectivity index (χ4n) is 2.02. The Kier molecular flexibility index (Phi) is 14.1. The maximum atomic E-state index is 10.6. The first kappa shape index (κ1) is 29.1. The van der Waals surface area contributed by atoms with Gasteiger partial charge in [-0.2, -0.15) is 0 Å². The lowest BCUT2D eigenvalue weighted by molar-refractivity contribution is -0.385. The van der Waals surface area contributed by atoms with Gasteiger partial charge in [0.1, 0.15) is 24.7 Å². The zero-order valence-corrected chi connectivity index (χ0v) is 20.8. The molecule has 0 radical (unpaired) electrons. The minimum absolute atomic E-state index is 0. The fourth-order valence-corrected chi connectivity index (χ4v) is 2.75. The van der Waals surface area contributed by atoms with Gasteiger partial charge in [0.15, 0.2) is 0 Å². The van der Waals surface area contributed by atoms with Crippen LogP contribution in [0.5, 0.6) is 11.5 Å². The second kappa shape index (κ2) is 15.0. The van der Waals surface area contributed by atoms with Gasteiger partial charge >= 0.3 is 0 Å². The molecule has 0 amide bonds. The van der Waals surface area contributed by atoms with Gasteiger partial charge in [-0.05, 0) is 78.2 Å². The molecule has 2 N–H and O–H groups in total. The normalized spacial score (nSPS) is 10.2. The molecule has 0 unspecified atom stereocenters. The minimum Gasteiger partial charge on any atom is -0.491 e. The summed E-state index contributed by atoms with van der Waals surface area (Å²) in [6.45, 7) is 2.80. The number of non-ortho nitro benzene ring substituents is 1. The molecule has 0 saturated heterocycles. The number of hydrogen-bond donors (Lipinski definition) is 1. The Labute approximate surface area is 201 Å². The van der Waals surface area contributed by atoms with E-state index in [2.05, 4.69) is 36.8 Å². The average Bonchev–Trinajstić information content (AvgIpc) is 2.66. The van der Waals surface area contributed by atoms with Crippen LogP contribution in [-0.2, 0) is 0 Å². The van der Waals surface area contributed by atoms with Gasteiger partial charge in [-0.3, -0.25) is 10.1 Å². The smallest absolute Gasteiger partial charge is 0.273 e. The molecule has 0 aromatic heterocycles. The molecule has 31 heavy (non-hydrogen) atoms. The van der Waals surface area contributed by atoms with E-state index in [9.17, 15) is 10.1 Å². The van der Waals surface area contributed by atoms with Gasteiger partial charge in [-0.25, -0.2) is 0 Å². The molecule has 0 atom stereocenters. The molecule has 0 bridgehead atoms. The van der Waals surface area contributed by atoms with E-state index in [0.29, 0.717) is 24.7 Å². The Hall–Kier alpha value is -1.88. The third kappa shape index (κ3) is 11.9. The quantitative estimate of drug-likeness (QED) is 0.263. The van der Waals surface area contributed by atoms with Crippen molar-refractivity contribution >= 4 is 43.2 Å². The SMILES string of the molecule is C.CN(C)CCOc1cc(N)ccc1Br.CN(C)CCOc1cc([N+](=O)[O-])ccc1Br. The molecule has 0 aliphatic heterocycles. The Morgan fingerprint density at radius 1 is 0.903 bits per heavy atom. The maximum Gasteiger partial charge on any atom is 0.273 e. The standard InChI is InChI=1S/C10H13BrN2O3.C10H15BrN2O.CH4/c1-12(2)5-6-16-10-7-8(13(14)15)3-4-9(10)11;1-13(2)5-6-14-10-7-8(12)3-4-9(10)11;/h3-4,7H,5-6H2,1-2H3;3-4,7H,5-6,12H2,1-2H3;1H4. The first-order valence-corrected chi connectivity index (χ1v) is 10.7. The van der Waals surface area contributed by atoms with Crippen molar-refractivity contribution in [1.82, 2.24) is 9.80 Å². The van der Waals surface area contributed by atoms with Crippen molar-refractivity contribution in [2.24, 2.45) is 0 Å². The third-order valence-corrected chi connectivity index (χ3v) is 4.98. The molecule has 0 aliphatic rings. The number of anilines is 1. The number of benzene rings is 2. The molecule has 0 aliphatic carbocycles. The second-order valence-electron chi connectivity index (χ2n) is 6.87. The number of nitro groups is 1. The highest BCUT2D eigenvalue weighted by Gasteiger charge is 2.10. The number of halogens is 2. The van der Waals surface area contributed by atoms with Gasteiger partial charge in [0.05, 0.1) is 19.9 Å². The van der Waals surface area contributed by atoms with Gasteiger partial charge in [0.25, 0.3) is 5.69 Å². The van der Waals surface area contributed by atoms with Crippen LogP contribution in [0.4, 0.5) is 11.4 Å². The lowest BCUT2D eigenvalue weighted by Gasteiger charge is -2.12. The number of rotatable bonds is 9. The number of nitro benzene ring substituents is 1.